The summed E-state index contributed by atoms with van der Waals surface area (Å²) >= 11 is 0. The Morgan fingerprint density at radius 3 is 1.96 bits per heavy atom. The van der Waals surface area contributed by atoms with E-state index in [4.69, 9.17) is 4.74 Å². The molecule has 2 nitrogen and oxygen atoms in total. The smallest absolute Gasteiger partial charge is 0.312 e. The van der Waals surface area contributed by atoms with Gasteiger partial charge in [-0.05, 0) is 48.9 Å². The Hall–Kier alpha value is -0.530. The molecule has 2 heteroatoms. The molecular formula is C22H42O2. The Morgan fingerprint density at radius 2 is 1.54 bits per heavy atom. The Labute approximate surface area is 151 Å². The van der Waals surface area contributed by atoms with Gasteiger partial charge in [0.15, 0.2) is 0 Å². The van der Waals surface area contributed by atoms with Crippen LogP contribution in [0.25, 0.3) is 0 Å². The van der Waals surface area contributed by atoms with Crippen LogP contribution in [0.2, 0.25) is 0 Å². The Balaban J connectivity index is 3.07. The predicted octanol–water partition coefficient (Wildman–Crippen LogP) is 6.48. The third-order valence-electron chi connectivity index (χ3n) is 6.60. The Bertz CT molecular complexity index is 426. The molecule has 0 aliphatic heterocycles. The standard InChI is InChI=1S/C22H42O2/c1-11-12-22(10,21(7,8)9)19(23)24-18-16(3)13-15(2)14-17(18)20(4,5)6/h15-18H,11-14H2,1-10H3. The van der Waals surface area contributed by atoms with Gasteiger partial charge >= 0.3 is 5.97 Å². The highest BCUT2D eigenvalue weighted by molar-refractivity contribution is 5.77. The van der Waals surface area contributed by atoms with Crippen LogP contribution in [0.15, 0.2) is 0 Å². The van der Waals surface area contributed by atoms with Gasteiger partial charge in [-0.2, -0.15) is 0 Å². The maximum atomic E-state index is 13.2. The molecular weight excluding hydrogens is 296 g/mol. The summed E-state index contributed by atoms with van der Waals surface area (Å²) in [5.74, 6) is 1.60. The molecule has 0 radical (unpaired) electrons. The number of carbonyl (C=O) groups is 1. The van der Waals surface area contributed by atoms with Crippen LogP contribution in [0.1, 0.15) is 94.9 Å². The fourth-order valence-electron chi connectivity index (χ4n) is 4.41. The molecule has 5 unspecified atom stereocenters. The second kappa shape index (κ2) is 7.38. The molecule has 0 amide bonds. The van der Waals surface area contributed by atoms with E-state index in [1.54, 1.807) is 0 Å². The van der Waals surface area contributed by atoms with Gasteiger partial charge in [-0.15, -0.1) is 0 Å². The van der Waals surface area contributed by atoms with Gasteiger partial charge in [0.1, 0.15) is 6.10 Å². The first-order valence-electron chi connectivity index (χ1n) is 9.95. The van der Waals surface area contributed by atoms with Gasteiger partial charge < -0.3 is 4.74 Å². The largest absolute Gasteiger partial charge is 0.461 e. The van der Waals surface area contributed by atoms with Crippen LogP contribution in [0.5, 0.6) is 0 Å². The molecule has 1 aliphatic rings. The third-order valence-corrected chi connectivity index (χ3v) is 6.60. The van der Waals surface area contributed by atoms with E-state index in [2.05, 4.69) is 69.2 Å². The summed E-state index contributed by atoms with van der Waals surface area (Å²) in [7, 11) is 0. The average Bonchev–Trinajstić information content (AvgIpc) is 2.38. The Kier molecular flexibility index (Phi) is 6.61. The molecule has 0 aromatic heterocycles. The number of hydrogen-bond donors (Lipinski definition) is 0. The van der Waals surface area contributed by atoms with Crippen molar-refractivity contribution >= 4 is 5.97 Å². The molecule has 1 aliphatic carbocycles. The molecule has 0 N–H and O–H groups in total. The van der Waals surface area contributed by atoms with Crippen LogP contribution in [0, 0.1) is 34.0 Å². The normalized spacial score (nSPS) is 31.4. The molecule has 1 fully saturated rings. The molecule has 0 spiro atoms. The summed E-state index contributed by atoms with van der Waals surface area (Å²) < 4.78 is 6.30. The topological polar surface area (TPSA) is 26.3 Å². The van der Waals surface area contributed by atoms with Gasteiger partial charge in [0.05, 0.1) is 5.41 Å². The van der Waals surface area contributed by atoms with E-state index in [0.29, 0.717) is 17.8 Å². The van der Waals surface area contributed by atoms with Crippen molar-refractivity contribution < 1.29 is 9.53 Å². The SMILES string of the molecule is CCCC(C)(C(=O)OC1C(C)CC(C)CC1C(C)(C)C)C(C)(C)C. The van der Waals surface area contributed by atoms with Crippen molar-refractivity contribution in [2.75, 3.05) is 0 Å². The van der Waals surface area contributed by atoms with Crippen molar-refractivity contribution in [2.45, 2.75) is 101 Å². The zero-order valence-corrected chi connectivity index (χ0v) is 18.0. The van der Waals surface area contributed by atoms with Gasteiger partial charge in [-0.1, -0.05) is 68.7 Å². The van der Waals surface area contributed by atoms with Gasteiger partial charge in [0.2, 0.25) is 0 Å². The van der Waals surface area contributed by atoms with Crippen LogP contribution in [-0.4, -0.2) is 12.1 Å². The highest BCUT2D eigenvalue weighted by Crippen LogP contribution is 2.47. The Morgan fingerprint density at radius 1 is 1.00 bits per heavy atom. The second-order valence-corrected chi connectivity index (χ2v) is 10.7. The van der Waals surface area contributed by atoms with Crippen LogP contribution >= 0.6 is 0 Å². The number of esters is 1. The van der Waals surface area contributed by atoms with Gasteiger partial charge in [-0.25, -0.2) is 0 Å². The van der Waals surface area contributed by atoms with E-state index >= 15 is 0 Å². The molecule has 1 rings (SSSR count). The predicted molar refractivity (Wildman–Crippen MR) is 103 cm³/mol. The van der Waals surface area contributed by atoms with Crippen LogP contribution in [0.4, 0.5) is 0 Å². The lowest BCUT2D eigenvalue weighted by Crippen LogP contribution is -2.49. The molecule has 0 aromatic rings. The van der Waals surface area contributed by atoms with E-state index in [1.165, 1.54) is 0 Å². The third kappa shape index (κ3) is 4.55. The first-order chi connectivity index (χ1) is 10.7. The molecule has 5 atom stereocenters. The lowest BCUT2D eigenvalue weighted by Gasteiger charge is -2.47. The highest BCUT2D eigenvalue weighted by atomic mass is 16.5. The summed E-state index contributed by atoms with van der Waals surface area (Å²) in [5, 5.41) is 0. The van der Waals surface area contributed by atoms with Gasteiger partial charge in [0, 0.05) is 5.92 Å². The average molecular weight is 339 g/mol. The number of hydrogen-bond acceptors (Lipinski definition) is 2. The fourth-order valence-corrected chi connectivity index (χ4v) is 4.41. The van der Waals surface area contributed by atoms with E-state index in [9.17, 15) is 4.79 Å². The second-order valence-electron chi connectivity index (χ2n) is 10.7. The van der Waals surface area contributed by atoms with Crippen molar-refractivity contribution in [2.24, 2.45) is 34.0 Å². The highest BCUT2D eigenvalue weighted by Gasteiger charge is 2.48. The molecule has 142 valence electrons. The monoisotopic (exact) mass is 338 g/mol. The zero-order valence-electron chi connectivity index (χ0n) is 18.0. The van der Waals surface area contributed by atoms with Crippen LogP contribution < -0.4 is 0 Å². The van der Waals surface area contributed by atoms with Crippen molar-refractivity contribution in [3.8, 4) is 0 Å². The first kappa shape index (κ1) is 21.5. The quantitative estimate of drug-likeness (QED) is 0.548. The van der Waals surface area contributed by atoms with Crippen molar-refractivity contribution in [3.63, 3.8) is 0 Å². The minimum Gasteiger partial charge on any atom is -0.461 e. The van der Waals surface area contributed by atoms with Gasteiger partial charge in [0.25, 0.3) is 0 Å². The van der Waals surface area contributed by atoms with Crippen molar-refractivity contribution in [1.29, 1.82) is 0 Å². The zero-order chi connectivity index (χ0) is 18.9. The van der Waals surface area contributed by atoms with Gasteiger partial charge in [-0.3, -0.25) is 4.79 Å². The minimum atomic E-state index is -0.424. The van der Waals surface area contributed by atoms with Crippen molar-refractivity contribution in [1.82, 2.24) is 0 Å². The van der Waals surface area contributed by atoms with E-state index in [1.807, 2.05) is 0 Å². The lowest BCUT2D eigenvalue weighted by molar-refractivity contribution is -0.181. The summed E-state index contributed by atoms with van der Waals surface area (Å²) in [6, 6.07) is 0. The molecule has 1 saturated carbocycles. The van der Waals surface area contributed by atoms with E-state index in [-0.39, 0.29) is 22.9 Å². The summed E-state index contributed by atoms with van der Waals surface area (Å²) in [4.78, 5) is 13.2. The molecule has 0 heterocycles. The van der Waals surface area contributed by atoms with E-state index in [0.717, 1.165) is 25.7 Å². The number of carbonyl (C=O) groups excluding carboxylic acids is 1. The minimum absolute atomic E-state index is 0.0116. The number of ether oxygens (including phenoxy) is 1. The molecule has 0 bridgehead atoms. The summed E-state index contributed by atoms with van der Waals surface area (Å²) in [6.07, 6.45) is 4.25. The van der Waals surface area contributed by atoms with Crippen LogP contribution in [0.3, 0.4) is 0 Å². The fraction of sp³-hybridized carbons (Fsp3) is 0.955. The van der Waals surface area contributed by atoms with E-state index < -0.39 is 5.41 Å². The maximum absolute atomic E-state index is 13.2. The maximum Gasteiger partial charge on any atom is 0.312 e. The van der Waals surface area contributed by atoms with Crippen LogP contribution in [-0.2, 0) is 9.53 Å². The lowest BCUT2D eigenvalue weighted by atomic mass is 9.63. The summed E-state index contributed by atoms with van der Waals surface area (Å²) in [6.45, 7) is 22.2. The molecule has 24 heavy (non-hydrogen) atoms. The molecule has 0 saturated heterocycles. The molecule has 0 aromatic carbocycles. The summed E-state index contributed by atoms with van der Waals surface area (Å²) in [5.41, 5.74) is -0.355. The number of rotatable bonds is 4. The van der Waals surface area contributed by atoms with Crippen molar-refractivity contribution in [3.05, 3.63) is 0 Å². The first-order valence-corrected chi connectivity index (χ1v) is 9.95.